The molecule has 0 aromatic rings. The van der Waals surface area contributed by atoms with E-state index in [1.807, 2.05) is 0 Å². The van der Waals surface area contributed by atoms with Crippen molar-refractivity contribution in [3.63, 3.8) is 0 Å². The standard InChI is InChI=1S/C19H38N2/c1-4-5-6-16-7-9-17(10-8-16)19(21-20)18-12-14(2)11-15(3)13-18/h14-19,21H,4-13,20H2,1-3H3. The first-order valence-electron chi connectivity index (χ1n) is 9.60. The summed E-state index contributed by atoms with van der Waals surface area (Å²) in [6.45, 7) is 7.17. The van der Waals surface area contributed by atoms with Gasteiger partial charge in [0, 0.05) is 6.04 Å². The predicted molar refractivity (Wildman–Crippen MR) is 91.8 cm³/mol. The van der Waals surface area contributed by atoms with Crippen LogP contribution in [-0.2, 0) is 0 Å². The quantitative estimate of drug-likeness (QED) is 0.541. The third-order valence-electron chi connectivity index (χ3n) is 6.28. The highest BCUT2D eigenvalue weighted by atomic mass is 15.2. The zero-order valence-electron chi connectivity index (χ0n) is 14.6. The molecule has 0 radical (unpaired) electrons. The molecule has 2 rings (SSSR count). The van der Waals surface area contributed by atoms with Crippen LogP contribution in [0.2, 0.25) is 0 Å². The molecule has 2 heteroatoms. The van der Waals surface area contributed by atoms with Crippen LogP contribution in [0, 0.1) is 29.6 Å². The summed E-state index contributed by atoms with van der Waals surface area (Å²) in [4.78, 5) is 0. The van der Waals surface area contributed by atoms with Crippen LogP contribution in [0.25, 0.3) is 0 Å². The molecule has 2 saturated carbocycles. The van der Waals surface area contributed by atoms with E-state index < -0.39 is 0 Å². The van der Waals surface area contributed by atoms with Crippen molar-refractivity contribution < 1.29 is 0 Å². The van der Waals surface area contributed by atoms with Crippen LogP contribution < -0.4 is 11.3 Å². The molecule has 2 aliphatic carbocycles. The molecule has 3 N–H and O–H groups in total. The maximum absolute atomic E-state index is 5.99. The SMILES string of the molecule is CCCCC1CCC(C(NN)C2CC(C)CC(C)C2)CC1. The third-order valence-corrected chi connectivity index (χ3v) is 6.28. The van der Waals surface area contributed by atoms with Crippen LogP contribution in [0.1, 0.15) is 85.0 Å². The molecule has 0 heterocycles. The number of hydrazine groups is 1. The third kappa shape index (κ3) is 4.96. The molecule has 0 aromatic heterocycles. The van der Waals surface area contributed by atoms with Gasteiger partial charge in [-0.3, -0.25) is 11.3 Å². The molecule has 0 bridgehead atoms. The van der Waals surface area contributed by atoms with E-state index in [2.05, 4.69) is 26.2 Å². The van der Waals surface area contributed by atoms with Crippen molar-refractivity contribution in [3.8, 4) is 0 Å². The van der Waals surface area contributed by atoms with Crippen molar-refractivity contribution in [2.75, 3.05) is 0 Å². The van der Waals surface area contributed by atoms with E-state index in [4.69, 9.17) is 5.84 Å². The maximum atomic E-state index is 5.99. The van der Waals surface area contributed by atoms with E-state index in [-0.39, 0.29) is 0 Å². The van der Waals surface area contributed by atoms with Crippen LogP contribution in [0.4, 0.5) is 0 Å². The van der Waals surface area contributed by atoms with Crippen LogP contribution in [0.15, 0.2) is 0 Å². The molecule has 3 unspecified atom stereocenters. The first kappa shape index (κ1) is 17.3. The first-order chi connectivity index (χ1) is 10.1. The topological polar surface area (TPSA) is 38.0 Å². The Morgan fingerprint density at radius 3 is 2.10 bits per heavy atom. The van der Waals surface area contributed by atoms with E-state index in [1.165, 1.54) is 64.2 Å². The van der Waals surface area contributed by atoms with Gasteiger partial charge < -0.3 is 0 Å². The Morgan fingerprint density at radius 1 is 0.952 bits per heavy atom. The van der Waals surface area contributed by atoms with E-state index in [9.17, 15) is 0 Å². The van der Waals surface area contributed by atoms with Crippen LogP contribution in [-0.4, -0.2) is 6.04 Å². The Labute approximate surface area is 132 Å². The Kier molecular flexibility index (Phi) is 7.01. The summed E-state index contributed by atoms with van der Waals surface area (Å²) in [5.74, 6) is 10.4. The van der Waals surface area contributed by atoms with Crippen molar-refractivity contribution in [2.24, 2.45) is 35.4 Å². The van der Waals surface area contributed by atoms with Crippen LogP contribution >= 0.6 is 0 Å². The van der Waals surface area contributed by atoms with Crippen LogP contribution in [0.3, 0.4) is 0 Å². The molecule has 0 amide bonds. The fraction of sp³-hybridized carbons (Fsp3) is 1.00. The fourth-order valence-electron chi connectivity index (χ4n) is 5.29. The fourth-order valence-corrected chi connectivity index (χ4v) is 5.29. The van der Waals surface area contributed by atoms with Crippen molar-refractivity contribution in [1.82, 2.24) is 5.43 Å². The van der Waals surface area contributed by atoms with E-state index in [1.54, 1.807) is 0 Å². The molecule has 0 aromatic carbocycles. The summed E-state index contributed by atoms with van der Waals surface area (Å²) < 4.78 is 0. The van der Waals surface area contributed by atoms with Gasteiger partial charge in [0.25, 0.3) is 0 Å². The predicted octanol–water partition coefficient (Wildman–Crippen LogP) is 4.89. The molecule has 0 aliphatic heterocycles. The second-order valence-electron chi connectivity index (χ2n) is 8.29. The maximum Gasteiger partial charge on any atom is 0.0267 e. The van der Waals surface area contributed by atoms with Gasteiger partial charge in [-0.2, -0.15) is 0 Å². The van der Waals surface area contributed by atoms with Gasteiger partial charge in [0.05, 0.1) is 0 Å². The van der Waals surface area contributed by atoms with Crippen molar-refractivity contribution in [2.45, 2.75) is 91.0 Å². The van der Waals surface area contributed by atoms with Crippen molar-refractivity contribution in [3.05, 3.63) is 0 Å². The van der Waals surface area contributed by atoms with E-state index in [0.29, 0.717) is 6.04 Å². The summed E-state index contributed by atoms with van der Waals surface area (Å²) in [6, 6.07) is 0.572. The minimum atomic E-state index is 0.572. The molecule has 0 spiro atoms. The highest BCUT2D eigenvalue weighted by Crippen LogP contribution is 2.41. The lowest BCUT2D eigenvalue weighted by Gasteiger charge is -2.42. The Hall–Kier alpha value is -0.0800. The number of unbranched alkanes of at least 4 members (excludes halogenated alkanes) is 1. The van der Waals surface area contributed by atoms with Gasteiger partial charge in [-0.15, -0.1) is 0 Å². The van der Waals surface area contributed by atoms with Gasteiger partial charge in [-0.25, -0.2) is 0 Å². The second-order valence-corrected chi connectivity index (χ2v) is 8.29. The summed E-state index contributed by atoms with van der Waals surface area (Å²) in [5.41, 5.74) is 3.24. The lowest BCUT2D eigenvalue weighted by molar-refractivity contribution is 0.114. The normalized spacial score (nSPS) is 39.1. The molecule has 3 atom stereocenters. The average Bonchev–Trinajstić information content (AvgIpc) is 2.46. The largest absolute Gasteiger partial charge is 0.271 e. The molecule has 2 nitrogen and oxygen atoms in total. The lowest BCUT2D eigenvalue weighted by atomic mass is 9.67. The Bertz CT molecular complexity index is 273. The Morgan fingerprint density at radius 2 is 1.57 bits per heavy atom. The van der Waals surface area contributed by atoms with Gasteiger partial charge in [0.15, 0.2) is 0 Å². The minimum absolute atomic E-state index is 0.572. The second kappa shape index (κ2) is 8.53. The summed E-state index contributed by atoms with van der Waals surface area (Å²) >= 11 is 0. The summed E-state index contributed by atoms with van der Waals surface area (Å²) in [6.07, 6.45) is 14.1. The minimum Gasteiger partial charge on any atom is -0.271 e. The molecular formula is C19H38N2. The number of nitrogens with one attached hydrogen (secondary N) is 1. The monoisotopic (exact) mass is 294 g/mol. The van der Waals surface area contributed by atoms with Crippen molar-refractivity contribution in [1.29, 1.82) is 0 Å². The zero-order valence-corrected chi connectivity index (χ0v) is 14.6. The molecule has 2 aliphatic rings. The summed E-state index contributed by atoms with van der Waals surface area (Å²) in [5, 5.41) is 0. The van der Waals surface area contributed by atoms with Crippen molar-refractivity contribution >= 4 is 0 Å². The molecular weight excluding hydrogens is 256 g/mol. The lowest BCUT2D eigenvalue weighted by Crippen LogP contribution is -2.49. The molecule has 2 fully saturated rings. The van der Waals surface area contributed by atoms with Gasteiger partial charge in [-0.1, -0.05) is 52.9 Å². The number of hydrogen-bond acceptors (Lipinski definition) is 2. The smallest absolute Gasteiger partial charge is 0.0267 e. The number of nitrogens with two attached hydrogens (primary N) is 1. The first-order valence-corrected chi connectivity index (χ1v) is 9.60. The van der Waals surface area contributed by atoms with E-state index in [0.717, 1.165) is 29.6 Å². The zero-order chi connectivity index (χ0) is 15.2. The molecule has 124 valence electrons. The van der Waals surface area contributed by atoms with Gasteiger partial charge >= 0.3 is 0 Å². The molecule has 21 heavy (non-hydrogen) atoms. The van der Waals surface area contributed by atoms with E-state index >= 15 is 0 Å². The average molecular weight is 295 g/mol. The highest BCUT2D eigenvalue weighted by molar-refractivity contribution is 4.89. The Balaban J connectivity index is 1.84. The van der Waals surface area contributed by atoms with Gasteiger partial charge in [0.2, 0.25) is 0 Å². The summed E-state index contributed by atoms with van der Waals surface area (Å²) in [7, 11) is 0. The van der Waals surface area contributed by atoms with Gasteiger partial charge in [-0.05, 0) is 61.7 Å². The number of rotatable bonds is 6. The van der Waals surface area contributed by atoms with Crippen LogP contribution in [0.5, 0.6) is 0 Å². The van der Waals surface area contributed by atoms with Gasteiger partial charge in [0.1, 0.15) is 0 Å². The molecule has 0 saturated heterocycles. The highest BCUT2D eigenvalue weighted by Gasteiger charge is 2.35. The number of hydrogen-bond donors (Lipinski definition) is 2.